The van der Waals surface area contributed by atoms with Crippen molar-refractivity contribution in [1.82, 2.24) is 9.88 Å². The van der Waals surface area contributed by atoms with E-state index in [2.05, 4.69) is 10.3 Å². The first-order valence-electron chi connectivity index (χ1n) is 7.99. The average Bonchev–Trinajstić information content (AvgIpc) is 3.19. The van der Waals surface area contributed by atoms with Crippen molar-refractivity contribution in [3.8, 4) is 11.6 Å². The standard InChI is InChI=1S/C19H16ClN3O3S/c1-23(19(25)16-3-2-10-27-16)12-17(24)22-14-6-9-18(21-11-14)26-15-7-4-13(20)5-8-15/h2-11H,12H2,1H3,(H,22,24). The maximum absolute atomic E-state index is 12.2. The molecular formula is C19H16ClN3O3S. The van der Waals surface area contributed by atoms with Crippen LogP contribution in [0.15, 0.2) is 60.1 Å². The first-order chi connectivity index (χ1) is 13.0. The lowest BCUT2D eigenvalue weighted by Crippen LogP contribution is -2.34. The maximum atomic E-state index is 12.2. The minimum absolute atomic E-state index is 0.0558. The number of rotatable bonds is 6. The highest BCUT2D eigenvalue weighted by molar-refractivity contribution is 7.12. The summed E-state index contributed by atoms with van der Waals surface area (Å²) in [4.78, 5) is 30.4. The molecule has 27 heavy (non-hydrogen) atoms. The lowest BCUT2D eigenvalue weighted by molar-refractivity contribution is -0.116. The van der Waals surface area contributed by atoms with Gasteiger partial charge in [-0.2, -0.15) is 0 Å². The predicted octanol–water partition coefficient (Wildman–Crippen LogP) is 4.30. The number of carbonyl (C=O) groups is 2. The van der Waals surface area contributed by atoms with Crippen molar-refractivity contribution in [3.63, 3.8) is 0 Å². The summed E-state index contributed by atoms with van der Waals surface area (Å²) in [7, 11) is 1.59. The number of anilines is 1. The van der Waals surface area contributed by atoms with Gasteiger partial charge in [-0.3, -0.25) is 9.59 Å². The molecular weight excluding hydrogens is 386 g/mol. The second-order valence-electron chi connectivity index (χ2n) is 5.63. The molecule has 0 radical (unpaired) electrons. The molecule has 6 nitrogen and oxygen atoms in total. The molecule has 2 amide bonds. The van der Waals surface area contributed by atoms with Gasteiger partial charge in [-0.15, -0.1) is 11.3 Å². The van der Waals surface area contributed by atoms with Crippen LogP contribution in [0.3, 0.4) is 0 Å². The summed E-state index contributed by atoms with van der Waals surface area (Å²) in [5, 5.41) is 5.15. The zero-order valence-corrected chi connectivity index (χ0v) is 16.0. The monoisotopic (exact) mass is 401 g/mol. The Balaban J connectivity index is 1.53. The zero-order chi connectivity index (χ0) is 19.2. The Labute approximate surface area is 165 Å². The Morgan fingerprint density at radius 1 is 1.19 bits per heavy atom. The van der Waals surface area contributed by atoms with Gasteiger partial charge in [0.05, 0.1) is 23.3 Å². The van der Waals surface area contributed by atoms with Gasteiger partial charge in [-0.05, 0) is 41.8 Å². The first-order valence-corrected chi connectivity index (χ1v) is 9.25. The molecule has 0 aliphatic carbocycles. The van der Waals surface area contributed by atoms with E-state index in [4.69, 9.17) is 16.3 Å². The molecule has 0 aliphatic heterocycles. The second-order valence-corrected chi connectivity index (χ2v) is 7.01. The number of ether oxygens (including phenoxy) is 1. The number of halogens is 1. The van der Waals surface area contributed by atoms with Gasteiger partial charge in [0.25, 0.3) is 5.91 Å². The molecule has 0 bridgehead atoms. The molecule has 2 heterocycles. The Morgan fingerprint density at radius 2 is 1.96 bits per heavy atom. The fraction of sp³-hybridized carbons (Fsp3) is 0.105. The molecule has 0 aliphatic rings. The molecule has 0 saturated carbocycles. The smallest absolute Gasteiger partial charge is 0.264 e. The summed E-state index contributed by atoms with van der Waals surface area (Å²) in [5.41, 5.74) is 0.514. The number of nitrogens with one attached hydrogen (secondary N) is 1. The van der Waals surface area contributed by atoms with E-state index in [1.807, 2.05) is 5.38 Å². The van der Waals surface area contributed by atoms with Crippen LogP contribution < -0.4 is 10.1 Å². The van der Waals surface area contributed by atoms with E-state index in [0.717, 1.165) is 0 Å². The Kier molecular flexibility index (Phi) is 6.05. The first kappa shape index (κ1) is 18.9. The van der Waals surface area contributed by atoms with E-state index in [0.29, 0.717) is 27.2 Å². The summed E-state index contributed by atoms with van der Waals surface area (Å²) in [6.45, 7) is -0.0558. The number of likely N-dealkylation sites (N-methyl/N-ethyl adjacent to an activating group) is 1. The van der Waals surface area contributed by atoms with Crippen LogP contribution in [-0.2, 0) is 4.79 Å². The minimum Gasteiger partial charge on any atom is -0.439 e. The number of thiophene rings is 1. The quantitative estimate of drug-likeness (QED) is 0.668. The van der Waals surface area contributed by atoms with Crippen molar-refractivity contribution < 1.29 is 14.3 Å². The molecule has 8 heteroatoms. The third-order valence-electron chi connectivity index (χ3n) is 3.52. The van der Waals surface area contributed by atoms with E-state index in [1.165, 1.54) is 22.4 Å². The lowest BCUT2D eigenvalue weighted by atomic mass is 10.3. The highest BCUT2D eigenvalue weighted by atomic mass is 35.5. The van der Waals surface area contributed by atoms with Gasteiger partial charge in [-0.25, -0.2) is 4.98 Å². The number of hydrogen-bond acceptors (Lipinski definition) is 5. The third-order valence-corrected chi connectivity index (χ3v) is 4.63. The summed E-state index contributed by atoms with van der Waals surface area (Å²) in [6, 6.07) is 13.8. The van der Waals surface area contributed by atoms with Crippen molar-refractivity contribution in [2.24, 2.45) is 0 Å². The number of pyridine rings is 1. The molecule has 0 spiro atoms. The van der Waals surface area contributed by atoms with Gasteiger partial charge in [0, 0.05) is 18.1 Å². The topological polar surface area (TPSA) is 71.5 Å². The van der Waals surface area contributed by atoms with Crippen LogP contribution in [0.5, 0.6) is 11.6 Å². The van der Waals surface area contributed by atoms with Crippen LogP contribution in [0, 0.1) is 0 Å². The molecule has 138 valence electrons. The Bertz CT molecular complexity index is 912. The van der Waals surface area contributed by atoms with E-state index in [1.54, 1.807) is 55.6 Å². The Morgan fingerprint density at radius 3 is 2.59 bits per heavy atom. The molecule has 0 saturated heterocycles. The molecule has 3 rings (SSSR count). The van der Waals surface area contributed by atoms with Crippen LogP contribution in [0.1, 0.15) is 9.67 Å². The summed E-state index contributed by atoms with van der Waals surface area (Å²) >= 11 is 7.17. The van der Waals surface area contributed by atoms with Crippen molar-refractivity contribution in [2.75, 3.05) is 18.9 Å². The SMILES string of the molecule is CN(CC(=O)Nc1ccc(Oc2ccc(Cl)cc2)nc1)C(=O)c1cccs1. The summed E-state index contributed by atoms with van der Waals surface area (Å²) in [5.74, 6) is 0.498. The van der Waals surface area contributed by atoms with Gasteiger partial charge in [0.1, 0.15) is 5.75 Å². The number of hydrogen-bond donors (Lipinski definition) is 1. The van der Waals surface area contributed by atoms with Crippen LogP contribution in [0.2, 0.25) is 5.02 Å². The molecule has 1 aromatic carbocycles. The highest BCUT2D eigenvalue weighted by Crippen LogP contribution is 2.22. The molecule has 0 atom stereocenters. The Hall–Kier alpha value is -2.90. The number of aromatic nitrogens is 1. The van der Waals surface area contributed by atoms with Crippen LogP contribution in [0.4, 0.5) is 5.69 Å². The fourth-order valence-corrected chi connectivity index (χ4v) is 3.06. The molecule has 3 aromatic rings. The third kappa shape index (κ3) is 5.29. The normalized spacial score (nSPS) is 10.3. The summed E-state index contributed by atoms with van der Waals surface area (Å²) < 4.78 is 5.60. The highest BCUT2D eigenvalue weighted by Gasteiger charge is 2.15. The fourth-order valence-electron chi connectivity index (χ4n) is 2.21. The second kappa shape index (κ2) is 8.66. The van der Waals surface area contributed by atoms with Crippen LogP contribution >= 0.6 is 22.9 Å². The van der Waals surface area contributed by atoms with Crippen molar-refractivity contribution in [1.29, 1.82) is 0 Å². The minimum atomic E-state index is -0.310. The van der Waals surface area contributed by atoms with Gasteiger partial charge in [0.2, 0.25) is 11.8 Å². The van der Waals surface area contributed by atoms with E-state index < -0.39 is 0 Å². The largest absolute Gasteiger partial charge is 0.439 e. The zero-order valence-electron chi connectivity index (χ0n) is 14.4. The lowest BCUT2D eigenvalue weighted by Gasteiger charge is -2.15. The number of amides is 2. The number of carbonyl (C=O) groups excluding carboxylic acids is 2. The average molecular weight is 402 g/mol. The molecule has 2 aromatic heterocycles. The van der Waals surface area contributed by atoms with E-state index in [-0.39, 0.29) is 18.4 Å². The summed E-state index contributed by atoms with van der Waals surface area (Å²) in [6.07, 6.45) is 1.49. The predicted molar refractivity (Wildman–Crippen MR) is 106 cm³/mol. The van der Waals surface area contributed by atoms with Gasteiger partial charge in [-0.1, -0.05) is 17.7 Å². The van der Waals surface area contributed by atoms with Gasteiger partial charge in [0.15, 0.2) is 0 Å². The van der Waals surface area contributed by atoms with E-state index >= 15 is 0 Å². The number of nitrogens with zero attached hydrogens (tertiary/aromatic N) is 2. The maximum Gasteiger partial charge on any atom is 0.264 e. The molecule has 0 fully saturated rings. The number of benzene rings is 1. The molecule has 1 N–H and O–H groups in total. The van der Waals surface area contributed by atoms with Crippen molar-refractivity contribution in [2.45, 2.75) is 0 Å². The van der Waals surface area contributed by atoms with Crippen molar-refractivity contribution in [3.05, 3.63) is 70.0 Å². The van der Waals surface area contributed by atoms with Crippen molar-refractivity contribution >= 4 is 40.4 Å². The molecule has 0 unspecified atom stereocenters. The van der Waals surface area contributed by atoms with Gasteiger partial charge < -0.3 is 15.0 Å². The van der Waals surface area contributed by atoms with Gasteiger partial charge >= 0.3 is 0 Å². The van der Waals surface area contributed by atoms with E-state index in [9.17, 15) is 9.59 Å². The van der Waals surface area contributed by atoms with Crippen LogP contribution in [-0.4, -0.2) is 35.3 Å². The van der Waals surface area contributed by atoms with Crippen LogP contribution in [0.25, 0.3) is 0 Å².